The molecule has 0 aliphatic heterocycles. The van der Waals surface area contributed by atoms with Gasteiger partial charge < -0.3 is 14.5 Å². The van der Waals surface area contributed by atoms with Crippen molar-refractivity contribution in [1.82, 2.24) is 9.78 Å². The van der Waals surface area contributed by atoms with Crippen molar-refractivity contribution in [3.8, 4) is 5.75 Å². The molecule has 1 amide bonds. The van der Waals surface area contributed by atoms with Crippen LogP contribution in [-0.4, -0.2) is 22.3 Å². The second-order valence-corrected chi connectivity index (χ2v) is 5.12. The van der Waals surface area contributed by atoms with Crippen molar-refractivity contribution in [3.05, 3.63) is 52.5 Å². The quantitative estimate of drug-likeness (QED) is 0.743. The number of rotatable bonds is 4. The number of benzene rings is 1. The fourth-order valence-electron chi connectivity index (χ4n) is 2.20. The molecule has 7 nitrogen and oxygen atoms in total. The molecule has 0 saturated heterocycles. The zero-order valence-electron chi connectivity index (χ0n) is 12.7. The van der Waals surface area contributed by atoms with Gasteiger partial charge in [0.1, 0.15) is 11.3 Å². The minimum Gasteiger partial charge on any atom is -0.484 e. The molecule has 0 spiro atoms. The van der Waals surface area contributed by atoms with Gasteiger partial charge in [-0.1, -0.05) is 0 Å². The maximum absolute atomic E-state index is 11.8. The van der Waals surface area contributed by atoms with Crippen LogP contribution in [0.1, 0.15) is 5.56 Å². The Hall–Kier alpha value is -3.09. The van der Waals surface area contributed by atoms with Crippen LogP contribution in [-0.2, 0) is 11.8 Å². The normalized spacial score (nSPS) is 10.7. The average molecular weight is 313 g/mol. The Morgan fingerprint density at radius 3 is 2.91 bits per heavy atom. The van der Waals surface area contributed by atoms with Crippen molar-refractivity contribution in [2.75, 3.05) is 11.9 Å². The first-order valence-electron chi connectivity index (χ1n) is 6.98. The molecular weight excluding hydrogens is 298 g/mol. The van der Waals surface area contributed by atoms with E-state index in [0.717, 1.165) is 10.9 Å². The minimum atomic E-state index is -0.417. The molecule has 7 heteroatoms. The number of fused-ring (bicyclic) bond motifs is 1. The smallest absolute Gasteiger partial charge is 0.336 e. The third-order valence-electron chi connectivity index (χ3n) is 3.27. The summed E-state index contributed by atoms with van der Waals surface area (Å²) in [6, 6.07) is 8.23. The molecule has 118 valence electrons. The number of carbonyl (C=O) groups excluding carboxylic acids is 1. The number of anilines is 1. The molecule has 0 unspecified atom stereocenters. The number of hydrogen-bond donors (Lipinski definition) is 1. The lowest BCUT2D eigenvalue weighted by molar-refractivity contribution is -0.118. The van der Waals surface area contributed by atoms with Gasteiger partial charge in [-0.15, -0.1) is 0 Å². The van der Waals surface area contributed by atoms with Gasteiger partial charge in [0, 0.05) is 36.8 Å². The summed E-state index contributed by atoms with van der Waals surface area (Å²) in [6.45, 7) is 1.66. The predicted octanol–water partition coefficient (Wildman–Crippen LogP) is 1.85. The van der Waals surface area contributed by atoms with E-state index < -0.39 is 5.63 Å². The van der Waals surface area contributed by atoms with E-state index in [1.54, 1.807) is 42.2 Å². The van der Waals surface area contributed by atoms with E-state index in [1.165, 1.54) is 6.07 Å². The maximum Gasteiger partial charge on any atom is 0.336 e. The van der Waals surface area contributed by atoms with Crippen molar-refractivity contribution in [3.63, 3.8) is 0 Å². The van der Waals surface area contributed by atoms with Crippen molar-refractivity contribution in [1.29, 1.82) is 0 Å². The summed E-state index contributed by atoms with van der Waals surface area (Å²) in [6.07, 6.45) is 1.73. The minimum absolute atomic E-state index is 0.169. The topological polar surface area (TPSA) is 86.4 Å². The van der Waals surface area contributed by atoms with Gasteiger partial charge in [0.2, 0.25) is 0 Å². The van der Waals surface area contributed by atoms with Crippen LogP contribution >= 0.6 is 0 Å². The third kappa shape index (κ3) is 3.39. The van der Waals surface area contributed by atoms with Gasteiger partial charge in [-0.05, 0) is 24.6 Å². The van der Waals surface area contributed by atoms with Crippen LogP contribution in [0.5, 0.6) is 5.75 Å². The number of ether oxygens (including phenoxy) is 1. The van der Waals surface area contributed by atoms with E-state index in [4.69, 9.17) is 9.15 Å². The Bertz CT molecular complexity index is 926. The van der Waals surface area contributed by atoms with Gasteiger partial charge in [-0.2, -0.15) is 5.10 Å². The first-order chi connectivity index (χ1) is 11.0. The van der Waals surface area contributed by atoms with E-state index in [0.29, 0.717) is 17.2 Å². The number of aryl methyl sites for hydroxylation is 2. The molecule has 0 bridgehead atoms. The highest BCUT2D eigenvalue weighted by Crippen LogP contribution is 2.22. The Balaban J connectivity index is 1.69. The highest BCUT2D eigenvalue weighted by atomic mass is 16.5. The molecule has 3 aromatic rings. The Morgan fingerprint density at radius 1 is 1.35 bits per heavy atom. The van der Waals surface area contributed by atoms with E-state index >= 15 is 0 Å². The Labute approximate surface area is 131 Å². The van der Waals surface area contributed by atoms with E-state index in [2.05, 4.69) is 10.4 Å². The summed E-state index contributed by atoms with van der Waals surface area (Å²) in [7, 11) is 1.76. The van der Waals surface area contributed by atoms with Gasteiger partial charge in [0.15, 0.2) is 12.4 Å². The summed E-state index contributed by atoms with van der Waals surface area (Å²) < 4.78 is 12.2. The highest BCUT2D eigenvalue weighted by Gasteiger charge is 2.08. The number of nitrogens with one attached hydrogen (secondary N) is 1. The molecule has 0 saturated carbocycles. The molecule has 0 atom stereocenters. The molecule has 23 heavy (non-hydrogen) atoms. The lowest BCUT2D eigenvalue weighted by Crippen LogP contribution is -2.20. The molecule has 1 N–H and O–H groups in total. The van der Waals surface area contributed by atoms with Gasteiger partial charge in [-0.25, -0.2) is 4.79 Å². The van der Waals surface area contributed by atoms with Crippen LogP contribution < -0.4 is 15.7 Å². The largest absolute Gasteiger partial charge is 0.484 e. The zero-order chi connectivity index (χ0) is 16.4. The number of hydrogen-bond acceptors (Lipinski definition) is 5. The predicted molar refractivity (Wildman–Crippen MR) is 84.6 cm³/mol. The first kappa shape index (κ1) is 14.8. The second-order valence-electron chi connectivity index (χ2n) is 5.12. The SMILES string of the molecule is Cc1cc(=O)oc2cc(OCC(=O)Nc3ccn(C)n3)ccc12. The second kappa shape index (κ2) is 5.96. The Kier molecular flexibility index (Phi) is 3.84. The van der Waals surface area contributed by atoms with Gasteiger partial charge in [-0.3, -0.25) is 9.48 Å². The molecular formula is C16H15N3O4. The number of nitrogens with zero attached hydrogens (tertiary/aromatic N) is 2. The summed E-state index contributed by atoms with van der Waals surface area (Å²) in [5.74, 6) is 0.582. The van der Waals surface area contributed by atoms with Crippen molar-refractivity contribution < 1.29 is 13.9 Å². The van der Waals surface area contributed by atoms with Gasteiger partial charge >= 0.3 is 5.63 Å². The van der Waals surface area contributed by atoms with Crippen LogP contribution in [0.15, 0.2) is 45.7 Å². The van der Waals surface area contributed by atoms with E-state index in [-0.39, 0.29) is 12.5 Å². The highest BCUT2D eigenvalue weighted by molar-refractivity contribution is 5.91. The fourth-order valence-corrected chi connectivity index (χ4v) is 2.20. The van der Waals surface area contributed by atoms with Gasteiger partial charge in [0.05, 0.1) is 0 Å². The molecule has 0 fully saturated rings. The maximum atomic E-state index is 11.8. The third-order valence-corrected chi connectivity index (χ3v) is 3.27. The standard InChI is InChI=1S/C16H15N3O4/c1-10-7-16(21)23-13-8-11(3-4-12(10)13)22-9-15(20)17-14-5-6-19(2)18-14/h3-8H,9H2,1-2H3,(H,17,18,20). The summed E-state index contributed by atoms with van der Waals surface area (Å²) >= 11 is 0. The molecule has 2 heterocycles. The van der Waals surface area contributed by atoms with E-state index in [9.17, 15) is 9.59 Å². The summed E-state index contributed by atoms with van der Waals surface area (Å²) in [5.41, 5.74) is 0.841. The lowest BCUT2D eigenvalue weighted by atomic mass is 10.1. The first-order valence-corrected chi connectivity index (χ1v) is 6.98. The average Bonchev–Trinajstić information content (AvgIpc) is 2.89. The zero-order valence-corrected chi connectivity index (χ0v) is 12.7. The van der Waals surface area contributed by atoms with Crippen molar-refractivity contribution in [2.45, 2.75) is 6.92 Å². The van der Waals surface area contributed by atoms with Gasteiger partial charge in [0.25, 0.3) is 5.91 Å². The molecule has 0 radical (unpaired) electrons. The van der Waals surface area contributed by atoms with Crippen molar-refractivity contribution >= 4 is 22.7 Å². The summed E-state index contributed by atoms with van der Waals surface area (Å²) in [5, 5.41) is 7.49. The molecule has 0 aliphatic rings. The van der Waals surface area contributed by atoms with Crippen molar-refractivity contribution in [2.24, 2.45) is 7.05 Å². The molecule has 1 aromatic carbocycles. The van der Waals surface area contributed by atoms with Crippen LogP contribution in [0, 0.1) is 6.92 Å². The van der Waals surface area contributed by atoms with Crippen LogP contribution in [0.2, 0.25) is 0 Å². The Morgan fingerprint density at radius 2 is 2.17 bits per heavy atom. The van der Waals surface area contributed by atoms with E-state index in [1.807, 2.05) is 6.92 Å². The summed E-state index contributed by atoms with van der Waals surface area (Å²) in [4.78, 5) is 23.2. The molecule has 3 rings (SSSR count). The molecule has 0 aliphatic carbocycles. The number of amides is 1. The van der Waals surface area contributed by atoms with Crippen LogP contribution in [0.25, 0.3) is 11.0 Å². The number of aromatic nitrogens is 2. The number of carbonyl (C=O) groups is 1. The molecule has 2 aromatic heterocycles. The van der Waals surface area contributed by atoms with Crippen LogP contribution in [0.3, 0.4) is 0 Å². The van der Waals surface area contributed by atoms with Crippen LogP contribution in [0.4, 0.5) is 5.82 Å². The lowest BCUT2D eigenvalue weighted by Gasteiger charge is -2.07. The monoisotopic (exact) mass is 313 g/mol. The fraction of sp³-hybridized carbons (Fsp3) is 0.188.